The van der Waals surface area contributed by atoms with Crippen molar-refractivity contribution in [3.63, 3.8) is 0 Å². The van der Waals surface area contributed by atoms with E-state index in [0.29, 0.717) is 15.9 Å². The minimum absolute atomic E-state index is 0.356. The highest BCUT2D eigenvalue weighted by Crippen LogP contribution is 2.26. The smallest absolute Gasteiger partial charge is 0.341 e. The van der Waals surface area contributed by atoms with Crippen molar-refractivity contribution in [1.29, 1.82) is 0 Å². The maximum Gasteiger partial charge on any atom is 0.341 e. The van der Waals surface area contributed by atoms with Crippen molar-refractivity contribution >= 4 is 22.4 Å². The van der Waals surface area contributed by atoms with Crippen LogP contribution in [0.1, 0.15) is 0 Å². The number of anilines is 1. The summed E-state index contributed by atoms with van der Waals surface area (Å²) < 4.78 is 5.01. The quantitative estimate of drug-likeness (QED) is 0.848. The lowest BCUT2D eigenvalue weighted by atomic mass is 10.2. The molecule has 0 saturated heterocycles. The molecule has 7 heteroatoms. The van der Waals surface area contributed by atoms with Crippen molar-refractivity contribution in [3.05, 3.63) is 24.3 Å². The van der Waals surface area contributed by atoms with Gasteiger partial charge in [0.05, 0.1) is 0 Å². The van der Waals surface area contributed by atoms with Gasteiger partial charge in [-0.1, -0.05) is 11.3 Å². The van der Waals surface area contributed by atoms with Crippen LogP contribution in [0.2, 0.25) is 0 Å². The first-order chi connectivity index (χ1) is 8.15. The number of rotatable bonds is 4. The number of hydrogen-bond donors (Lipinski definition) is 2. The van der Waals surface area contributed by atoms with Gasteiger partial charge < -0.3 is 15.6 Å². The van der Waals surface area contributed by atoms with Crippen molar-refractivity contribution in [1.82, 2.24) is 10.2 Å². The molecular formula is C10H9N3O3S. The topological polar surface area (TPSA) is 98.3 Å². The van der Waals surface area contributed by atoms with Crippen LogP contribution in [0.3, 0.4) is 0 Å². The van der Waals surface area contributed by atoms with Crippen molar-refractivity contribution in [3.8, 4) is 16.3 Å². The molecule has 3 N–H and O–H groups in total. The van der Waals surface area contributed by atoms with E-state index >= 15 is 0 Å². The molecule has 88 valence electrons. The lowest BCUT2D eigenvalue weighted by Gasteiger charge is -2.02. The van der Waals surface area contributed by atoms with Crippen molar-refractivity contribution in [2.75, 3.05) is 12.3 Å². The molecule has 0 spiro atoms. The van der Waals surface area contributed by atoms with Crippen LogP contribution in [-0.4, -0.2) is 27.9 Å². The Morgan fingerprint density at radius 3 is 2.59 bits per heavy atom. The number of nitrogens with zero attached hydrogens (tertiary/aromatic N) is 2. The van der Waals surface area contributed by atoms with Crippen LogP contribution in [0.4, 0.5) is 5.13 Å². The number of benzene rings is 1. The van der Waals surface area contributed by atoms with Crippen LogP contribution in [-0.2, 0) is 4.79 Å². The second kappa shape index (κ2) is 4.79. The monoisotopic (exact) mass is 251 g/mol. The molecule has 0 amide bonds. The van der Waals surface area contributed by atoms with E-state index < -0.39 is 5.97 Å². The van der Waals surface area contributed by atoms with E-state index in [2.05, 4.69) is 10.2 Å². The zero-order chi connectivity index (χ0) is 12.3. The average molecular weight is 251 g/mol. The fraction of sp³-hybridized carbons (Fsp3) is 0.100. The molecule has 0 aliphatic carbocycles. The van der Waals surface area contributed by atoms with E-state index in [1.807, 2.05) is 0 Å². The average Bonchev–Trinajstić information content (AvgIpc) is 2.74. The Morgan fingerprint density at radius 2 is 2.06 bits per heavy atom. The highest BCUT2D eigenvalue weighted by Gasteiger charge is 2.05. The molecule has 1 aromatic heterocycles. The second-order valence-corrected chi connectivity index (χ2v) is 4.16. The molecule has 0 aliphatic heterocycles. The molecule has 0 atom stereocenters. The van der Waals surface area contributed by atoms with Crippen molar-refractivity contribution in [2.24, 2.45) is 0 Å². The van der Waals surface area contributed by atoms with Gasteiger partial charge >= 0.3 is 5.97 Å². The van der Waals surface area contributed by atoms with Gasteiger partial charge in [0, 0.05) is 5.56 Å². The van der Waals surface area contributed by atoms with E-state index in [1.165, 1.54) is 11.3 Å². The van der Waals surface area contributed by atoms with Gasteiger partial charge in [-0.2, -0.15) is 0 Å². The largest absolute Gasteiger partial charge is 0.482 e. The zero-order valence-corrected chi connectivity index (χ0v) is 9.48. The molecule has 2 rings (SSSR count). The Bertz CT molecular complexity index is 524. The Morgan fingerprint density at radius 1 is 1.35 bits per heavy atom. The number of nitrogens with two attached hydrogens (primary N) is 1. The molecule has 0 fully saturated rings. The summed E-state index contributed by atoms with van der Waals surface area (Å²) in [5, 5.41) is 17.2. The third kappa shape index (κ3) is 2.91. The molecule has 0 radical (unpaired) electrons. The van der Waals surface area contributed by atoms with E-state index in [4.69, 9.17) is 15.6 Å². The Hall–Kier alpha value is -2.15. The number of nitrogen functional groups attached to an aromatic ring is 1. The third-order valence-corrected chi connectivity index (χ3v) is 2.71. The fourth-order valence-electron chi connectivity index (χ4n) is 1.19. The van der Waals surface area contributed by atoms with Crippen LogP contribution >= 0.6 is 11.3 Å². The van der Waals surface area contributed by atoms with E-state index in [9.17, 15) is 4.79 Å². The minimum Gasteiger partial charge on any atom is -0.482 e. The number of carboxylic acid groups (broad SMARTS) is 1. The summed E-state index contributed by atoms with van der Waals surface area (Å²) in [4.78, 5) is 10.3. The predicted molar refractivity (Wildman–Crippen MR) is 62.9 cm³/mol. The number of hydrogen-bond acceptors (Lipinski definition) is 6. The summed E-state index contributed by atoms with van der Waals surface area (Å²) in [6.45, 7) is -0.356. The first-order valence-corrected chi connectivity index (χ1v) is 5.51. The molecule has 17 heavy (non-hydrogen) atoms. The maximum atomic E-state index is 10.3. The fourth-order valence-corrected chi connectivity index (χ4v) is 1.81. The molecule has 0 bridgehead atoms. The van der Waals surface area contributed by atoms with Gasteiger partial charge in [-0.15, -0.1) is 10.2 Å². The van der Waals surface area contributed by atoms with Crippen LogP contribution in [0, 0.1) is 0 Å². The zero-order valence-electron chi connectivity index (χ0n) is 8.66. The maximum absolute atomic E-state index is 10.3. The highest BCUT2D eigenvalue weighted by molar-refractivity contribution is 7.18. The van der Waals surface area contributed by atoms with Crippen molar-refractivity contribution in [2.45, 2.75) is 0 Å². The summed E-state index contributed by atoms with van der Waals surface area (Å²) >= 11 is 1.29. The van der Waals surface area contributed by atoms with Gasteiger partial charge in [-0.25, -0.2) is 4.79 Å². The summed E-state index contributed by atoms with van der Waals surface area (Å²) in [6, 6.07) is 6.90. The summed E-state index contributed by atoms with van der Waals surface area (Å²) in [5.41, 5.74) is 6.34. The molecule has 0 unspecified atom stereocenters. The third-order valence-electron chi connectivity index (χ3n) is 1.90. The van der Waals surface area contributed by atoms with Crippen LogP contribution in [0.5, 0.6) is 5.75 Å². The molecule has 2 aromatic rings. The molecule has 0 saturated carbocycles. The first kappa shape index (κ1) is 11.3. The Balaban J connectivity index is 2.10. The van der Waals surface area contributed by atoms with Gasteiger partial charge in [0.15, 0.2) is 6.61 Å². The Kier molecular flexibility index (Phi) is 3.20. The predicted octanol–water partition coefficient (Wildman–Crippen LogP) is 1.25. The van der Waals surface area contributed by atoms with Gasteiger partial charge in [-0.3, -0.25) is 0 Å². The highest BCUT2D eigenvalue weighted by atomic mass is 32.1. The lowest BCUT2D eigenvalue weighted by Crippen LogP contribution is -2.09. The number of aliphatic carboxylic acids is 1. The van der Waals surface area contributed by atoms with Crippen molar-refractivity contribution < 1.29 is 14.6 Å². The standard InChI is InChI=1S/C10H9N3O3S/c11-10-13-12-9(17-10)6-1-3-7(4-2-6)16-5-8(14)15/h1-4H,5H2,(H2,11,13)(H,14,15). The Labute approximate surface area is 101 Å². The molecule has 1 aromatic carbocycles. The van der Waals surface area contributed by atoms with Gasteiger partial charge in [-0.05, 0) is 24.3 Å². The number of aromatic nitrogens is 2. The summed E-state index contributed by atoms with van der Waals surface area (Å²) in [6.07, 6.45) is 0. The molecular weight excluding hydrogens is 242 g/mol. The van der Waals surface area contributed by atoms with Gasteiger partial charge in [0.25, 0.3) is 0 Å². The number of carboxylic acids is 1. The SMILES string of the molecule is Nc1nnc(-c2ccc(OCC(=O)O)cc2)s1. The summed E-state index contributed by atoms with van der Waals surface area (Å²) in [5.74, 6) is -0.514. The summed E-state index contributed by atoms with van der Waals surface area (Å²) in [7, 11) is 0. The van der Waals surface area contributed by atoms with Gasteiger partial charge in [0.2, 0.25) is 5.13 Å². The normalized spacial score (nSPS) is 10.1. The van der Waals surface area contributed by atoms with E-state index in [1.54, 1.807) is 24.3 Å². The second-order valence-electron chi connectivity index (χ2n) is 3.15. The van der Waals surface area contributed by atoms with Crippen LogP contribution in [0.15, 0.2) is 24.3 Å². The van der Waals surface area contributed by atoms with Crippen LogP contribution < -0.4 is 10.5 Å². The molecule has 1 heterocycles. The molecule has 0 aliphatic rings. The van der Waals surface area contributed by atoms with Gasteiger partial charge in [0.1, 0.15) is 10.8 Å². The first-order valence-electron chi connectivity index (χ1n) is 4.69. The molecule has 6 nitrogen and oxygen atoms in total. The number of carbonyl (C=O) groups is 1. The number of ether oxygens (including phenoxy) is 1. The van der Waals surface area contributed by atoms with Crippen LogP contribution in [0.25, 0.3) is 10.6 Å². The lowest BCUT2D eigenvalue weighted by molar-refractivity contribution is -0.139. The van der Waals surface area contributed by atoms with E-state index in [-0.39, 0.29) is 6.61 Å². The minimum atomic E-state index is -1.01. The van der Waals surface area contributed by atoms with E-state index in [0.717, 1.165) is 5.56 Å².